The zero-order valence-electron chi connectivity index (χ0n) is 25.2. The summed E-state index contributed by atoms with van der Waals surface area (Å²) in [6.45, 7) is 8.29. The van der Waals surface area contributed by atoms with E-state index in [1.807, 2.05) is 30.0 Å². The highest BCUT2D eigenvalue weighted by atomic mass is 19.4. The van der Waals surface area contributed by atoms with Gasteiger partial charge in [-0.15, -0.1) is 0 Å². The topological polar surface area (TPSA) is 45.2 Å². The van der Waals surface area contributed by atoms with Crippen LogP contribution in [0, 0.1) is 6.92 Å². The number of alkyl halides is 6. The molecule has 1 saturated heterocycles. The standard InChI is InChI=1S/C22H31F6N3O.C9H10O2/c1-4-8-29(2)19-6-10-31(11-7-19)15-20(32)30(3)9-5-16-12-17(21(23,24)25)14-18(13-16)22(26,27)28;1-7-3-2-4-8-9(7)11-6-5-10-8/h12-14,19H,4-11,15H2,1-3H3;2-4H,5-6H2,1H3. The molecule has 2 heterocycles. The number of aryl methyl sites for hydroxylation is 1. The molecule has 0 saturated carbocycles. The quantitative estimate of drug-likeness (QED) is 0.326. The van der Waals surface area contributed by atoms with E-state index in [1.54, 1.807) is 0 Å². The van der Waals surface area contributed by atoms with Crippen LogP contribution < -0.4 is 9.47 Å². The molecule has 2 aromatic carbocycles. The molecular weight excluding hydrogens is 576 g/mol. The van der Waals surface area contributed by atoms with E-state index in [9.17, 15) is 31.1 Å². The summed E-state index contributed by atoms with van der Waals surface area (Å²) in [7, 11) is 3.61. The molecule has 0 bridgehead atoms. The molecule has 240 valence electrons. The van der Waals surface area contributed by atoms with Crippen LogP contribution in [0.25, 0.3) is 0 Å². The number of carbonyl (C=O) groups is 1. The maximum atomic E-state index is 13.0. The zero-order valence-corrected chi connectivity index (χ0v) is 25.2. The van der Waals surface area contributed by atoms with Gasteiger partial charge in [-0.2, -0.15) is 26.3 Å². The van der Waals surface area contributed by atoms with Gasteiger partial charge in [-0.1, -0.05) is 19.1 Å². The molecule has 0 atom stereocenters. The maximum absolute atomic E-state index is 13.0. The van der Waals surface area contributed by atoms with Gasteiger partial charge in [-0.3, -0.25) is 9.69 Å². The van der Waals surface area contributed by atoms with Crippen molar-refractivity contribution in [3.63, 3.8) is 0 Å². The predicted octanol–water partition coefficient (Wildman–Crippen LogP) is 6.30. The SMILES string of the molecule is CCCN(C)C1CCN(CC(=O)N(C)CCc2cc(C(F)(F)F)cc(C(F)(F)F)c2)CC1.Cc1cccc2c1OCCO2. The van der Waals surface area contributed by atoms with Crippen LogP contribution in [0.15, 0.2) is 36.4 Å². The lowest BCUT2D eigenvalue weighted by Crippen LogP contribution is -2.47. The lowest BCUT2D eigenvalue weighted by molar-refractivity contribution is -0.143. The Morgan fingerprint density at radius 3 is 2.09 bits per heavy atom. The Labute approximate surface area is 249 Å². The number of piperidine rings is 1. The van der Waals surface area contributed by atoms with E-state index in [0.29, 0.717) is 31.4 Å². The Hall–Kier alpha value is -2.99. The first-order chi connectivity index (χ1) is 20.2. The maximum Gasteiger partial charge on any atom is 0.416 e. The number of hydrogen-bond acceptors (Lipinski definition) is 5. The van der Waals surface area contributed by atoms with Crippen LogP contribution in [-0.2, 0) is 23.6 Å². The van der Waals surface area contributed by atoms with E-state index >= 15 is 0 Å². The van der Waals surface area contributed by atoms with Gasteiger partial charge >= 0.3 is 12.4 Å². The van der Waals surface area contributed by atoms with Crippen LogP contribution in [0.1, 0.15) is 48.4 Å². The number of hydrogen-bond donors (Lipinski definition) is 0. The molecule has 1 amide bonds. The molecule has 6 nitrogen and oxygen atoms in total. The van der Waals surface area contributed by atoms with Crippen LogP contribution in [-0.4, -0.2) is 86.7 Å². The number of likely N-dealkylation sites (tertiary alicyclic amines) is 1. The molecule has 0 N–H and O–H groups in total. The van der Waals surface area contributed by atoms with Crippen LogP contribution in [0.5, 0.6) is 11.5 Å². The van der Waals surface area contributed by atoms with Gasteiger partial charge in [0, 0.05) is 32.7 Å². The summed E-state index contributed by atoms with van der Waals surface area (Å²) in [5, 5.41) is 0. The Morgan fingerprint density at radius 1 is 0.930 bits per heavy atom. The molecule has 0 aromatic heterocycles. The third-order valence-corrected chi connectivity index (χ3v) is 7.69. The van der Waals surface area contributed by atoms with Gasteiger partial charge in [-0.05, 0) is 81.6 Å². The van der Waals surface area contributed by atoms with Crippen molar-refractivity contribution in [3.05, 3.63) is 58.7 Å². The minimum absolute atomic E-state index is 0.0349. The van der Waals surface area contributed by atoms with Crippen molar-refractivity contribution in [1.29, 1.82) is 0 Å². The Morgan fingerprint density at radius 2 is 1.53 bits per heavy atom. The normalized spacial score (nSPS) is 16.1. The summed E-state index contributed by atoms with van der Waals surface area (Å²) in [5.41, 5.74) is -1.65. The molecule has 12 heteroatoms. The Bertz CT molecular complexity index is 1160. The number of nitrogens with zero attached hydrogens (tertiary/aromatic N) is 3. The van der Waals surface area contributed by atoms with Gasteiger partial charge < -0.3 is 19.3 Å². The third-order valence-electron chi connectivity index (χ3n) is 7.69. The number of rotatable bonds is 8. The van der Waals surface area contributed by atoms with Gasteiger partial charge in [0.2, 0.25) is 5.91 Å². The molecule has 2 aliphatic rings. The second kappa shape index (κ2) is 15.1. The van der Waals surface area contributed by atoms with Gasteiger partial charge in [0.15, 0.2) is 11.5 Å². The number of fused-ring (bicyclic) bond motifs is 1. The molecule has 2 aliphatic heterocycles. The molecule has 2 aromatic rings. The number of likely N-dealkylation sites (N-methyl/N-ethyl adjacent to an activating group) is 1. The van der Waals surface area contributed by atoms with Crippen molar-refractivity contribution in [3.8, 4) is 11.5 Å². The van der Waals surface area contributed by atoms with E-state index in [-0.39, 0.29) is 37.0 Å². The minimum atomic E-state index is -4.88. The first-order valence-corrected chi connectivity index (χ1v) is 14.5. The van der Waals surface area contributed by atoms with Crippen LogP contribution in [0.4, 0.5) is 26.3 Å². The van der Waals surface area contributed by atoms with Crippen molar-refractivity contribution in [1.82, 2.24) is 14.7 Å². The second-order valence-corrected chi connectivity index (χ2v) is 11.1. The fourth-order valence-corrected chi connectivity index (χ4v) is 5.17. The smallest absolute Gasteiger partial charge is 0.416 e. The molecule has 0 unspecified atom stereocenters. The lowest BCUT2D eigenvalue weighted by Gasteiger charge is -2.36. The number of amides is 1. The fraction of sp³-hybridized carbons (Fsp3) is 0.581. The number of ether oxygens (including phenoxy) is 2. The number of para-hydroxylation sites is 1. The van der Waals surface area contributed by atoms with Gasteiger partial charge in [0.1, 0.15) is 13.2 Å². The molecule has 0 spiro atoms. The van der Waals surface area contributed by atoms with E-state index in [2.05, 4.69) is 18.9 Å². The molecule has 4 rings (SSSR count). The van der Waals surface area contributed by atoms with Crippen LogP contribution in [0.2, 0.25) is 0 Å². The first kappa shape index (κ1) is 34.5. The monoisotopic (exact) mass is 617 g/mol. The highest BCUT2D eigenvalue weighted by Gasteiger charge is 2.37. The van der Waals surface area contributed by atoms with E-state index in [4.69, 9.17) is 9.47 Å². The van der Waals surface area contributed by atoms with Crippen molar-refractivity contribution in [2.45, 2.75) is 57.9 Å². The summed E-state index contributed by atoms with van der Waals surface area (Å²) in [4.78, 5) is 18.3. The number of halogens is 6. The minimum Gasteiger partial charge on any atom is -0.486 e. The molecule has 0 aliphatic carbocycles. The summed E-state index contributed by atoms with van der Waals surface area (Å²) >= 11 is 0. The molecule has 1 fully saturated rings. The largest absolute Gasteiger partial charge is 0.486 e. The molecule has 43 heavy (non-hydrogen) atoms. The van der Waals surface area contributed by atoms with Crippen LogP contribution in [0.3, 0.4) is 0 Å². The van der Waals surface area contributed by atoms with Gasteiger partial charge in [0.05, 0.1) is 17.7 Å². The van der Waals surface area contributed by atoms with Crippen molar-refractivity contribution >= 4 is 5.91 Å². The van der Waals surface area contributed by atoms with Gasteiger partial charge in [-0.25, -0.2) is 0 Å². The Balaban J connectivity index is 0.000000380. The van der Waals surface area contributed by atoms with E-state index in [0.717, 1.165) is 56.0 Å². The highest BCUT2D eigenvalue weighted by molar-refractivity contribution is 5.78. The zero-order chi connectivity index (χ0) is 31.8. The van der Waals surface area contributed by atoms with Crippen LogP contribution >= 0.6 is 0 Å². The van der Waals surface area contributed by atoms with E-state index in [1.165, 1.54) is 11.9 Å². The lowest BCUT2D eigenvalue weighted by atomic mass is 10.0. The number of carbonyl (C=O) groups excluding carboxylic acids is 1. The highest BCUT2D eigenvalue weighted by Crippen LogP contribution is 2.36. The fourth-order valence-electron chi connectivity index (χ4n) is 5.17. The molecular formula is C31H41F6N3O3. The third kappa shape index (κ3) is 10.3. The van der Waals surface area contributed by atoms with Crippen molar-refractivity contribution in [2.24, 2.45) is 0 Å². The average Bonchev–Trinajstić information content (AvgIpc) is 2.96. The predicted molar refractivity (Wildman–Crippen MR) is 152 cm³/mol. The summed E-state index contributed by atoms with van der Waals surface area (Å²) in [5.74, 6) is 1.57. The van der Waals surface area contributed by atoms with Crippen molar-refractivity contribution < 1.29 is 40.6 Å². The first-order valence-electron chi connectivity index (χ1n) is 14.5. The second-order valence-electron chi connectivity index (χ2n) is 11.1. The average molecular weight is 618 g/mol. The molecule has 0 radical (unpaired) electrons. The number of benzene rings is 2. The Kier molecular flexibility index (Phi) is 12.1. The summed E-state index contributed by atoms with van der Waals surface area (Å²) in [6.07, 6.45) is -6.87. The van der Waals surface area contributed by atoms with Crippen molar-refractivity contribution in [2.75, 3.05) is 60.0 Å². The summed E-state index contributed by atoms with van der Waals surface area (Å²) in [6, 6.07) is 7.95. The van der Waals surface area contributed by atoms with Gasteiger partial charge in [0.25, 0.3) is 0 Å². The van der Waals surface area contributed by atoms with E-state index < -0.39 is 23.5 Å². The summed E-state index contributed by atoms with van der Waals surface area (Å²) < 4.78 is 88.8.